The average molecular weight is 436 g/mol. The Morgan fingerprint density at radius 3 is 2.58 bits per heavy atom. The highest BCUT2D eigenvalue weighted by molar-refractivity contribution is 6.30. The Bertz CT molecular complexity index is 1220. The number of rotatable bonds is 7. The van der Waals surface area contributed by atoms with Crippen LogP contribution in [0, 0.1) is 0 Å². The third kappa shape index (κ3) is 4.49. The summed E-state index contributed by atoms with van der Waals surface area (Å²) in [6.07, 6.45) is 2.44. The lowest BCUT2D eigenvalue weighted by atomic mass is 10.1. The van der Waals surface area contributed by atoms with Crippen LogP contribution in [0.25, 0.3) is 16.7 Å². The molecule has 1 aromatic heterocycles. The van der Waals surface area contributed by atoms with Crippen molar-refractivity contribution in [1.82, 2.24) is 14.9 Å². The summed E-state index contributed by atoms with van der Waals surface area (Å²) in [5.74, 6) is 1.28. The van der Waals surface area contributed by atoms with E-state index in [1.165, 1.54) is 0 Å². The van der Waals surface area contributed by atoms with E-state index in [1.807, 2.05) is 53.1 Å². The molecule has 4 rings (SSSR count). The second kappa shape index (κ2) is 9.10. The van der Waals surface area contributed by atoms with Gasteiger partial charge in [-0.25, -0.2) is 4.98 Å². The molecule has 0 aliphatic carbocycles. The molecule has 7 heteroatoms. The van der Waals surface area contributed by atoms with Crippen molar-refractivity contribution in [2.24, 2.45) is 0 Å². The predicted molar refractivity (Wildman–Crippen MR) is 122 cm³/mol. The SMILES string of the molecule is COc1ccc(OC)c(-n2cnc3cc(C(=O)NCCc4ccc(Cl)cc4)ccc32)c1. The maximum Gasteiger partial charge on any atom is 0.251 e. The molecule has 6 nitrogen and oxygen atoms in total. The summed E-state index contributed by atoms with van der Waals surface area (Å²) in [7, 11) is 3.24. The smallest absolute Gasteiger partial charge is 0.251 e. The van der Waals surface area contributed by atoms with Crippen LogP contribution in [-0.2, 0) is 6.42 Å². The number of fused-ring (bicyclic) bond motifs is 1. The van der Waals surface area contributed by atoms with Crippen molar-refractivity contribution in [1.29, 1.82) is 0 Å². The quantitative estimate of drug-likeness (QED) is 0.458. The minimum Gasteiger partial charge on any atom is -0.497 e. The lowest BCUT2D eigenvalue weighted by molar-refractivity contribution is 0.0954. The van der Waals surface area contributed by atoms with Crippen molar-refractivity contribution in [3.05, 3.63) is 83.1 Å². The van der Waals surface area contributed by atoms with E-state index in [0.29, 0.717) is 28.6 Å². The fourth-order valence-corrected chi connectivity index (χ4v) is 3.53. The summed E-state index contributed by atoms with van der Waals surface area (Å²) in [4.78, 5) is 17.1. The van der Waals surface area contributed by atoms with Gasteiger partial charge in [-0.1, -0.05) is 23.7 Å². The normalized spacial score (nSPS) is 10.8. The number of nitrogens with one attached hydrogen (secondary N) is 1. The highest BCUT2D eigenvalue weighted by atomic mass is 35.5. The minimum atomic E-state index is -0.135. The molecule has 3 aromatic carbocycles. The summed E-state index contributed by atoms with van der Waals surface area (Å²) in [5.41, 5.74) is 4.07. The summed E-state index contributed by atoms with van der Waals surface area (Å²) in [6.45, 7) is 0.536. The molecule has 0 bridgehead atoms. The number of amides is 1. The fraction of sp³-hybridized carbons (Fsp3) is 0.167. The standard InChI is InChI=1S/C24H22ClN3O3/c1-30-19-8-10-23(31-2)22(14-19)28-15-27-20-13-17(5-9-21(20)28)24(29)26-12-11-16-3-6-18(25)7-4-16/h3-10,13-15H,11-12H2,1-2H3,(H,26,29). The summed E-state index contributed by atoms with van der Waals surface area (Å²) in [6, 6.07) is 18.7. The second-order valence-electron chi connectivity index (χ2n) is 6.99. The number of carbonyl (C=O) groups excluding carboxylic acids is 1. The number of aromatic nitrogens is 2. The Hall–Kier alpha value is -3.51. The molecule has 0 unspecified atom stereocenters. The Labute approximate surface area is 185 Å². The molecule has 0 spiro atoms. The minimum absolute atomic E-state index is 0.135. The van der Waals surface area contributed by atoms with Crippen LogP contribution in [-0.4, -0.2) is 36.2 Å². The molecular formula is C24H22ClN3O3. The Morgan fingerprint density at radius 1 is 1.03 bits per heavy atom. The van der Waals surface area contributed by atoms with E-state index in [1.54, 1.807) is 32.7 Å². The van der Waals surface area contributed by atoms with Crippen molar-refractivity contribution in [3.63, 3.8) is 0 Å². The lowest BCUT2D eigenvalue weighted by Gasteiger charge is -2.12. The lowest BCUT2D eigenvalue weighted by Crippen LogP contribution is -2.25. The number of hydrogen-bond donors (Lipinski definition) is 1. The Morgan fingerprint density at radius 2 is 1.84 bits per heavy atom. The van der Waals surface area contributed by atoms with Crippen LogP contribution in [0.5, 0.6) is 11.5 Å². The Kier molecular flexibility index (Phi) is 6.09. The molecule has 0 aliphatic rings. The fourth-order valence-electron chi connectivity index (χ4n) is 3.40. The maximum atomic E-state index is 12.6. The number of ether oxygens (including phenoxy) is 2. The van der Waals surface area contributed by atoms with Crippen LogP contribution in [0.2, 0.25) is 5.02 Å². The van der Waals surface area contributed by atoms with Gasteiger partial charge in [-0.3, -0.25) is 9.36 Å². The van der Waals surface area contributed by atoms with Gasteiger partial charge in [-0.2, -0.15) is 0 Å². The number of halogens is 1. The molecule has 1 amide bonds. The van der Waals surface area contributed by atoms with E-state index >= 15 is 0 Å². The predicted octanol–water partition coefficient (Wildman–Crippen LogP) is 4.67. The third-order valence-corrected chi connectivity index (χ3v) is 5.32. The first-order valence-corrected chi connectivity index (χ1v) is 10.2. The third-order valence-electron chi connectivity index (χ3n) is 5.07. The monoisotopic (exact) mass is 435 g/mol. The molecule has 4 aromatic rings. The van der Waals surface area contributed by atoms with Gasteiger partial charge in [0.15, 0.2) is 0 Å². The number of benzene rings is 3. The zero-order valence-corrected chi connectivity index (χ0v) is 18.0. The molecule has 0 saturated heterocycles. The van der Waals surface area contributed by atoms with Gasteiger partial charge in [0, 0.05) is 23.2 Å². The number of nitrogens with zero attached hydrogens (tertiary/aromatic N) is 2. The van der Waals surface area contributed by atoms with Crippen molar-refractivity contribution >= 4 is 28.5 Å². The molecule has 0 radical (unpaired) electrons. The van der Waals surface area contributed by atoms with Gasteiger partial charge in [0.1, 0.15) is 17.8 Å². The van der Waals surface area contributed by atoms with Gasteiger partial charge in [-0.05, 0) is 54.4 Å². The zero-order valence-electron chi connectivity index (χ0n) is 17.3. The van der Waals surface area contributed by atoms with E-state index in [9.17, 15) is 4.79 Å². The summed E-state index contributed by atoms with van der Waals surface area (Å²) in [5, 5.41) is 3.66. The maximum absolute atomic E-state index is 12.6. The highest BCUT2D eigenvalue weighted by Gasteiger charge is 2.13. The first kappa shape index (κ1) is 20.8. The molecule has 0 aliphatic heterocycles. The number of imidazole rings is 1. The second-order valence-corrected chi connectivity index (χ2v) is 7.42. The van der Waals surface area contributed by atoms with Crippen LogP contribution in [0.4, 0.5) is 0 Å². The highest BCUT2D eigenvalue weighted by Crippen LogP contribution is 2.30. The first-order chi connectivity index (χ1) is 15.1. The molecule has 0 atom stereocenters. The van der Waals surface area contributed by atoms with Gasteiger partial charge < -0.3 is 14.8 Å². The molecule has 158 valence electrons. The molecule has 0 saturated carbocycles. The zero-order chi connectivity index (χ0) is 21.8. The van der Waals surface area contributed by atoms with Crippen LogP contribution in [0.15, 0.2) is 67.0 Å². The topological polar surface area (TPSA) is 65.4 Å². The summed E-state index contributed by atoms with van der Waals surface area (Å²) >= 11 is 5.91. The molecule has 1 N–H and O–H groups in total. The van der Waals surface area contributed by atoms with Gasteiger partial charge in [-0.15, -0.1) is 0 Å². The number of carbonyl (C=O) groups is 1. The molecule has 1 heterocycles. The van der Waals surface area contributed by atoms with Crippen LogP contribution in [0.1, 0.15) is 15.9 Å². The van der Waals surface area contributed by atoms with E-state index in [-0.39, 0.29) is 5.91 Å². The summed E-state index contributed by atoms with van der Waals surface area (Å²) < 4.78 is 12.7. The number of hydrogen-bond acceptors (Lipinski definition) is 4. The van der Waals surface area contributed by atoms with Crippen LogP contribution < -0.4 is 14.8 Å². The van der Waals surface area contributed by atoms with Crippen molar-refractivity contribution in [2.45, 2.75) is 6.42 Å². The van der Waals surface area contributed by atoms with Gasteiger partial charge in [0.05, 0.1) is 30.9 Å². The van der Waals surface area contributed by atoms with Crippen molar-refractivity contribution < 1.29 is 14.3 Å². The van der Waals surface area contributed by atoms with Crippen molar-refractivity contribution in [2.75, 3.05) is 20.8 Å². The van der Waals surface area contributed by atoms with E-state index in [4.69, 9.17) is 21.1 Å². The largest absolute Gasteiger partial charge is 0.497 e. The van der Waals surface area contributed by atoms with E-state index in [2.05, 4.69) is 10.3 Å². The first-order valence-electron chi connectivity index (χ1n) is 9.81. The molecule has 31 heavy (non-hydrogen) atoms. The van der Waals surface area contributed by atoms with Gasteiger partial charge in [0.25, 0.3) is 5.91 Å². The van der Waals surface area contributed by atoms with Crippen molar-refractivity contribution in [3.8, 4) is 17.2 Å². The van der Waals surface area contributed by atoms with Crippen LogP contribution >= 0.6 is 11.6 Å². The van der Waals surface area contributed by atoms with Crippen LogP contribution in [0.3, 0.4) is 0 Å². The van der Waals surface area contributed by atoms with E-state index < -0.39 is 0 Å². The number of methoxy groups -OCH3 is 2. The van der Waals surface area contributed by atoms with E-state index in [0.717, 1.165) is 28.7 Å². The molecular weight excluding hydrogens is 414 g/mol. The Balaban J connectivity index is 1.52. The molecule has 0 fully saturated rings. The van der Waals surface area contributed by atoms with Gasteiger partial charge >= 0.3 is 0 Å². The van der Waals surface area contributed by atoms with Gasteiger partial charge in [0.2, 0.25) is 0 Å². The average Bonchev–Trinajstić information content (AvgIpc) is 3.23.